The summed E-state index contributed by atoms with van der Waals surface area (Å²) in [5.41, 5.74) is 5.81. The van der Waals surface area contributed by atoms with Gasteiger partial charge in [-0.3, -0.25) is 0 Å². The molecule has 2 aliphatic rings. The van der Waals surface area contributed by atoms with E-state index in [1.165, 1.54) is 19.3 Å². The zero-order chi connectivity index (χ0) is 12.7. The monoisotopic (exact) mass is 247 g/mol. The van der Waals surface area contributed by atoms with Gasteiger partial charge < -0.3 is 16.0 Å². The quantitative estimate of drug-likeness (QED) is 0.853. The van der Waals surface area contributed by atoms with Crippen LogP contribution in [0, 0.1) is 5.92 Å². The van der Waals surface area contributed by atoms with E-state index in [2.05, 4.69) is 34.0 Å². The number of aromatic nitrogens is 2. The van der Waals surface area contributed by atoms with Crippen LogP contribution in [0.5, 0.6) is 0 Å². The van der Waals surface area contributed by atoms with E-state index in [1.54, 1.807) is 0 Å². The van der Waals surface area contributed by atoms with Gasteiger partial charge in [0.25, 0.3) is 0 Å². The first kappa shape index (κ1) is 11.6. The largest absolute Gasteiger partial charge is 0.368 e. The minimum atomic E-state index is 0.363. The van der Waals surface area contributed by atoms with Gasteiger partial charge in [-0.05, 0) is 32.1 Å². The van der Waals surface area contributed by atoms with Gasteiger partial charge in [-0.1, -0.05) is 6.92 Å². The molecule has 3 N–H and O–H groups in total. The van der Waals surface area contributed by atoms with Crippen molar-refractivity contribution in [1.29, 1.82) is 0 Å². The van der Waals surface area contributed by atoms with Crippen LogP contribution in [0.25, 0.3) is 0 Å². The average Bonchev–Trinajstić information content (AvgIpc) is 3.06. The highest BCUT2D eigenvalue weighted by atomic mass is 15.3. The van der Waals surface area contributed by atoms with Crippen molar-refractivity contribution in [1.82, 2.24) is 9.97 Å². The van der Waals surface area contributed by atoms with Gasteiger partial charge in [0.05, 0.1) is 0 Å². The molecule has 1 aromatic heterocycles. The molecule has 0 aromatic carbocycles. The molecule has 0 radical (unpaired) electrons. The van der Waals surface area contributed by atoms with Gasteiger partial charge >= 0.3 is 0 Å². The molecule has 0 bridgehead atoms. The Labute approximate surface area is 108 Å². The predicted octanol–water partition coefficient (Wildman–Crippen LogP) is 1.87. The maximum absolute atomic E-state index is 5.81. The molecule has 1 aliphatic heterocycles. The van der Waals surface area contributed by atoms with E-state index in [9.17, 15) is 0 Å². The number of nitrogens with one attached hydrogen (secondary N) is 1. The third kappa shape index (κ3) is 2.21. The van der Waals surface area contributed by atoms with E-state index in [0.717, 1.165) is 18.2 Å². The molecule has 2 fully saturated rings. The van der Waals surface area contributed by atoms with Crippen LogP contribution in [0.4, 0.5) is 17.6 Å². The van der Waals surface area contributed by atoms with Crippen LogP contribution in [0.15, 0.2) is 6.07 Å². The van der Waals surface area contributed by atoms with Crippen LogP contribution in [0.1, 0.15) is 33.1 Å². The molecular formula is C13H21N5. The lowest BCUT2D eigenvalue weighted by Crippen LogP contribution is -2.30. The third-order valence-electron chi connectivity index (χ3n) is 4.09. The van der Waals surface area contributed by atoms with Gasteiger partial charge in [-0.25, -0.2) is 0 Å². The average molecular weight is 247 g/mol. The van der Waals surface area contributed by atoms with E-state index in [-0.39, 0.29) is 0 Å². The van der Waals surface area contributed by atoms with E-state index < -0.39 is 0 Å². The molecule has 2 unspecified atom stereocenters. The van der Waals surface area contributed by atoms with Crippen molar-refractivity contribution >= 4 is 17.6 Å². The number of hydrogen-bond acceptors (Lipinski definition) is 5. The Kier molecular flexibility index (Phi) is 2.76. The van der Waals surface area contributed by atoms with Crippen molar-refractivity contribution in [3.63, 3.8) is 0 Å². The van der Waals surface area contributed by atoms with Gasteiger partial charge in [0, 0.05) is 24.7 Å². The smallest absolute Gasteiger partial charge is 0.223 e. The molecule has 98 valence electrons. The zero-order valence-corrected chi connectivity index (χ0v) is 11.1. The first-order valence-electron chi connectivity index (χ1n) is 6.81. The second-order valence-electron chi connectivity index (χ2n) is 5.59. The summed E-state index contributed by atoms with van der Waals surface area (Å²) in [6.45, 7) is 5.60. The Morgan fingerprint density at radius 2 is 2.06 bits per heavy atom. The molecule has 1 aromatic rings. The Morgan fingerprint density at radius 3 is 2.67 bits per heavy atom. The van der Waals surface area contributed by atoms with E-state index in [0.29, 0.717) is 23.9 Å². The van der Waals surface area contributed by atoms with Crippen molar-refractivity contribution in [2.45, 2.75) is 45.2 Å². The van der Waals surface area contributed by atoms with Crippen molar-refractivity contribution in [3.05, 3.63) is 6.07 Å². The summed E-state index contributed by atoms with van der Waals surface area (Å²) in [6, 6.07) is 3.14. The highest BCUT2D eigenvalue weighted by Gasteiger charge is 2.29. The summed E-state index contributed by atoms with van der Waals surface area (Å²) in [4.78, 5) is 11.0. The normalized spacial score (nSPS) is 27.6. The van der Waals surface area contributed by atoms with E-state index >= 15 is 0 Å². The molecule has 0 spiro atoms. The first-order chi connectivity index (χ1) is 8.63. The fraction of sp³-hybridized carbons (Fsp3) is 0.692. The molecule has 2 atom stereocenters. The molecule has 1 saturated heterocycles. The lowest BCUT2D eigenvalue weighted by molar-refractivity contribution is 0.544. The number of hydrogen-bond donors (Lipinski definition) is 2. The minimum absolute atomic E-state index is 0.363. The van der Waals surface area contributed by atoms with Crippen molar-refractivity contribution in [3.8, 4) is 0 Å². The van der Waals surface area contributed by atoms with Crippen LogP contribution in [-0.2, 0) is 0 Å². The Balaban J connectivity index is 1.84. The van der Waals surface area contributed by atoms with Crippen LogP contribution in [0.3, 0.4) is 0 Å². The first-order valence-corrected chi connectivity index (χ1v) is 6.81. The summed E-state index contributed by atoms with van der Waals surface area (Å²) in [7, 11) is 0. The van der Waals surface area contributed by atoms with Crippen LogP contribution >= 0.6 is 0 Å². The molecule has 0 amide bonds. The number of nitrogen functional groups attached to an aromatic ring is 1. The van der Waals surface area contributed by atoms with Crippen molar-refractivity contribution in [2.24, 2.45) is 5.92 Å². The van der Waals surface area contributed by atoms with E-state index in [4.69, 9.17) is 5.73 Å². The van der Waals surface area contributed by atoms with Gasteiger partial charge in [0.2, 0.25) is 5.95 Å². The molecule has 1 saturated carbocycles. The van der Waals surface area contributed by atoms with Gasteiger partial charge in [-0.2, -0.15) is 9.97 Å². The van der Waals surface area contributed by atoms with Gasteiger partial charge in [0.15, 0.2) is 0 Å². The number of rotatable bonds is 3. The molecule has 18 heavy (non-hydrogen) atoms. The van der Waals surface area contributed by atoms with Crippen LogP contribution in [0.2, 0.25) is 0 Å². The maximum atomic E-state index is 5.81. The maximum Gasteiger partial charge on any atom is 0.223 e. The van der Waals surface area contributed by atoms with Crippen molar-refractivity contribution in [2.75, 3.05) is 22.5 Å². The molecule has 5 nitrogen and oxygen atoms in total. The molecule has 1 aliphatic carbocycles. The number of nitrogens with two attached hydrogens (primary N) is 1. The Hall–Kier alpha value is -1.52. The lowest BCUT2D eigenvalue weighted by Gasteiger charge is -2.25. The number of nitrogens with zero attached hydrogens (tertiary/aromatic N) is 3. The van der Waals surface area contributed by atoms with Gasteiger partial charge in [0.1, 0.15) is 11.6 Å². The summed E-state index contributed by atoms with van der Waals surface area (Å²) >= 11 is 0. The second-order valence-corrected chi connectivity index (χ2v) is 5.59. The highest BCUT2D eigenvalue weighted by Crippen LogP contribution is 2.31. The Morgan fingerprint density at radius 1 is 1.28 bits per heavy atom. The van der Waals surface area contributed by atoms with E-state index in [1.807, 2.05) is 6.07 Å². The fourth-order valence-corrected chi connectivity index (χ4v) is 2.53. The highest BCUT2D eigenvalue weighted by molar-refractivity contribution is 5.54. The summed E-state index contributed by atoms with van der Waals surface area (Å²) in [5, 5.41) is 3.39. The SMILES string of the molecule is CC1CCN(c2cc(NC3CC3)nc(N)n2)C1C. The van der Waals surface area contributed by atoms with Crippen LogP contribution in [-0.4, -0.2) is 28.6 Å². The predicted molar refractivity (Wildman–Crippen MR) is 73.7 cm³/mol. The minimum Gasteiger partial charge on any atom is -0.368 e. The topological polar surface area (TPSA) is 67.1 Å². The standard InChI is InChI=1S/C13H21N5/c1-8-5-6-18(9(8)2)12-7-11(15-10-3-4-10)16-13(14)17-12/h7-10H,3-6H2,1-2H3,(H3,14,15,16,17). The fourth-order valence-electron chi connectivity index (χ4n) is 2.53. The third-order valence-corrected chi connectivity index (χ3v) is 4.09. The van der Waals surface area contributed by atoms with Gasteiger partial charge in [-0.15, -0.1) is 0 Å². The molecule has 5 heteroatoms. The lowest BCUT2D eigenvalue weighted by atomic mass is 10.1. The Bertz CT molecular complexity index is 443. The molecule has 3 rings (SSSR count). The number of anilines is 3. The van der Waals surface area contributed by atoms with Crippen LogP contribution < -0.4 is 16.0 Å². The second kappa shape index (κ2) is 4.30. The van der Waals surface area contributed by atoms with Crippen molar-refractivity contribution < 1.29 is 0 Å². The summed E-state index contributed by atoms with van der Waals surface area (Å²) in [6.07, 6.45) is 3.68. The molecular weight excluding hydrogens is 226 g/mol. The summed E-state index contributed by atoms with van der Waals surface area (Å²) in [5.74, 6) is 2.90. The summed E-state index contributed by atoms with van der Waals surface area (Å²) < 4.78 is 0. The molecule has 2 heterocycles. The zero-order valence-electron chi connectivity index (χ0n) is 11.1.